The molecule has 2 N–H and O–H groups in total. The Hall–Kier alpha value is -2.92. The molecule has 1 amide bonds. The van der Waals surface area contributed by atoms with Crippen molar-refractivity contribution in [2.45, 2.75) is 13.8 Å². The number of amides is 1. The predicted molar refractivity (Wildman–Crippen MR) is 106 cm³/mol. The van der Waals surface area contributed by atoms with Crippen LogP contribution in [0.1, 0.15) is 21.6 Å². The third-order valence-electron chi connectivity index (χ3n) is 4.41. The molecule has 2 aromatic carbocycles. The number of aryl methyl sites for hydroxylation is 2. The summed E-state index contributed by atoms with van der Waals surface area (Å²) in [5, 5.41) is 12.9. The van der Waals surface area contributed by atoms with E-state index in [-0.39, 0.29) is 12.5 Å². The number of aliphatic hydroxyl groups excluding tert-OH is 1. The van der Waals surface area contributed by atoms with Crippen LogP contribution in [0.25, 0.3) is 10.9 Å². The van der Waals surface area contributed by atoms with Crippen LogP contribution in [0.2, 0.25) is 0 Å². The molecule has 1 heterocycles. The second kappa shape index (κ2) is 7.54. The molecule has 0 aliphatic carbocycles. The number of nitrogens with zero attached hydrogens (tertiary/aromatic N) is 2. The van der Waals surface area contributed by atoms with Gasteiger partial charge < -0.3 is 15.3 Å². The number of aromatic nitrogens is 1. The van der Waals surface area contributed by atoms with E-state index in [1.165, 1.54) is 0 Å². The van der Waals surface area contributed by atoms with Gasteiger partial charge in [-0.1, -0.05) is 11.6 Å². The fourth-order valence-electron chi connectivity index (χ4n) is 2.90. The summed E-state index contributed by atoms with van der Waals surface area (Å²) in [7, 11) is 1.91. The number of carbonyl (C=O) groups is 1. The Morgan fingerprint density at radius 2 is 1.85 bits per heavy atom. The zero-order valence-electron chi connectivity index (χ0n) is 15.3. The monoisotopic (exact) mass is 349 g/mol. The summed E-state index contributed by atoms with van der Waals surface area (Å²) < 4.78 is 0. The molecule has 0 fully saturated rings. The topological polar surface area (TPSA) is 65.5 Å². The van der Waals surface area contributed by atoms with Crippen LogP contribution in [-0.2, 0) is 0 Å². The number of fused-ring (bicyclic) bond motifs is 1. The minimum atomic E-state index is -0.171. The van der Waals surface area contributed by atoms with Gasteiger partial charge in [0.05, 0.1) is 23.4 Å². The van der Waals surface area contributed by atoms with E-state index in [1.807, 2.05) is 74.3 Å². The van der Waals surface area contributed by atoms with Gasteiger partial charge in [0.15, 0.2) is 0 Å². The van der Waals surface area contributed by atoms with Gasteiger partial charge >= 0.3 is 0 Å². The zero-order valence-corrected chi connectivity index (χ0v) is 15.3. The van der Waals surface area contributed by atoms with Gasteiger partial charge in [0, 0.05) is 30.4 Å². The van der Waals surface area contributed by atoms with Crippen molar-refractivity contribution in [1.82, 2.24) is 4.98 Å². The molecule has 0 unspecified atom stereocenters. The average molecular weight is 349 g/mol. The van der Waals surface area contributed by atoms with Crippen LogP contribution in [0.3, 0.4) is 0 Å². The van der Waals surface area contributed by atoms with E-state index in [0.717, 1.165) is 27.8 Å². The smallest absolute Gasteiger partial charge is 0.257 e. The number of aliphatic hydroxyl groups is 1. The van der Waals surface area contributed by atoms with Gasteiger partial charge in [0.2, 0.25) is 0 Å². The Balaban J connectivity index is 1.81. The number of nitrogens with one attached hydrogen (secondary N) is 1. The Morgan fingerprint density at radius 3 is 2.54 bits per heavy atom. The molecule has 0 aliphatic heterocycles. The lowest BCUT2D eigenvalue weighted by Crippen LogP contribution is -2.21. The molecule has 26 heavy (non-hydrogen) atoms. The summed E-state index contributed by atoms with van der Waals surface area (Å²) in [6, 6.07) is 15.5. The first-order valence-electron chi connectivity index (χ1n) is 8.59. The molecule has 0 aliphatic rings. The summed E-state index contributed by atoms with van der Waals surface area (Å²) >= 11 is 0. The highest BCUT2D eigenvalue weighted by molar-refractivity contribution is 6.06. The van der Waals surface area contributed by atoms with Crippen molar-refractivity contribution < 1.29 is 9.90 Å². The van der Waals surface area contributed by atoms with Gasteiger partial charge in [-0.15, -0.1) is 0 Å². The van der Waals surface area contributed by atoms with Gasteiger partial charge in [0.1, 0.15) is 0 Å². The van der Waals surface area contributed by atoms with Crippen molar-refractivity contribution in [3.05, 3.63) is 65.4 Å². The summed E-state index contributed by atoms with van der Waals surface area (Å²) in [6.45, 7) is 4.53. The highest BCUT2D eigenvalue weighted by Gasteiger charge is 2.12. The van der Waals surface area contributed by atoms with Crippen LogP contribution in [0.5, 0.6) is 0 Å². The molecule has 5 heteroatoms. The van der Waals surface area contributed by atoms with Gasteiger partial charge in [0.25, 0.3) is 5.91 Å². The average Bonchev–Trinajstić information content (AvgIpc) is 2.62. The number of hydrogen-bond donors (Lipinski definition) is 2. The van der Waals surface area contributed by atoms with E-state index in [1.54, 1.807) is 0 Å². The third-order valence-corrected chi connectivity index (χ3v) is 4.41. The van der Waals surface area contributed by atoms with Crippen molar-refractivity contribution in [1.29, 1.82) is 0 Å². The van der Waals surface area contributed by atoms with E-state index < -0.39 is 0 Å². The lowest BCUT2D eigenvalue weighted by Gasteiger charge is -2.18. The lowest BCUT2D eigenvalue weighted by molar-refractivity contribution is 0.102. The van der Waals surface area contributed by atoms with Crippen molar-refractivity contribution in [3.63, 3.8) is 0 Å². The highest BCUT2D eigenvalue weighted by Crippen LogP contribution is 2.21. The van der Waals surface area contributed by atoms with Crippen LogP contribution >= 0.6 is 0 Å². The number of benzene rings is 2. The molecule has 0 spiro atoms. The van der Waals surface area contributed by atoms with Crippen LogP contribution in [0.15, 0.2) is 48.5 Å². The maximum atomic E-state index is 12.7. The number of rotatable bonds is 5. The standard InChI is InChI=1S/C21H23N3O2/c1-14-4-9-20-16(12-14)13-19(15(2)22-20)21(26)23-17-5-7-18(8-6-17)24(3)10-11-25/h4-9,12-13,25H,10-11H2,1-3H3,(H,23,26). The van der Waals surface area contributed by atoms with Crippen LogP contribution in [0, 0.1) is 13.8 Å². The number of hydrogen-bond acceptors (Lipinski definition) is 4. The summed E-state index contributed by atoms with van der Waals surface area (Å²) in [5.41, 5.74) is 5.01. The van der Waals surface area contributed by atoms with E-state index in [9.17, 15) is 4.79 Å². The first kappa shape index (κ1) is 17.9. The Morgan fingerprint density at radius 1 is 1.12 bits per heavy atom. The Bertz CT molecular complexity index is 936. The zero-order chi connectivity index (χ0) is 18.7. The summed E-state index contributed by atoms with van der Waals surface area (Å²) in [4.78, 5) is 19.2. The van der Waals surface area contributed by atoms with Gasteiger partial charge in [-0.3, -0.25) is 9.78 Å². The van der Waals surface area contributed by atoms with Crippen molar-refractivity contribution in [2.75, 3.05) is 30.4 Å². The van der Waals surface area contributed by atoms with E-state index in [2.05, 4.69) is 10.3 Å². The maximum Gasteiger partial charge on any atom is 0.257 e. The molecule has 5 nitrogen and oxygen atoms in total. The predicted octanol–water partition coefficient (Wildman–Crippen LogP) is 3.53. The minimum absolute atomic E-state index is 0.0999. The number of likely N-dealkylation sites (N-methyl/N-ethyl adjacent to an activating group) is 1. The van der Waals surface area contributed by atoms with E-state index in [4.69, 9.17) is 5.11 Å². The minimum Gasteiger partial charge on any atom is -0.395 e. The summed E-state index contributed by atoms with van der Waals surface area (Å²) in [5.74, 6) is -0.171. The molecular formula is C21H23N3O2. The SMILES string of the molecule is Cc1ccc2nc(C)c(C(=O)Nc3ccc(N(C)CCO)cc3)cc2c1. The number of carbonyl (C=O) groups excluding carboxylic acids is 1. The first-order valence-corrected chi connectivity index (χ1v) is 8.59. The molecule has 0 radical (unpaired) electrons. The normalized spacial score (nSPS) is 10.8. The first-order chi connectivity index (χ1) is 12.5. The van der Waals surface area contributed by atoms with Crippen LogP contribution in [0.4, 0.5) is 11.4 Å². The molecule has 0 atom stereocenters. The largest absolute Gasteiger partial charge is 0.395 e. The van der Waals surface area contributed by atoms with Crippen molar-refractivity contribution in [3.8, 4) is 0 Å². The maximum absolute atomic E-state index is 12.7. The Labute approximate surface area is 153 Å². The third kappa shape index (κ3) is 3.83. The molecule has 0 bridgehead atoms. The fraction of sp³-hybridized carbons (Fsp3) is 0.238. The molecular weight excluding hydrogens is 326 g/mol. The molecule has 0 saturated heterocycles. The van der Waals surface area contributed by atoms with Crippen molar-refractivity contribution in [2.24, 2.45) is 0 Å². The second-order valence-electron chi connectivity index (χ2n) is 6.46. The van der Waals surface area contributed by atoms with Gasteiger partial charge in [-0.05, 0) is 56.3 Å². The van der Waals surface area contributed by atoms with E-state index in [0.29, 0.717) is 17.8 Å². The second-order valence-corrected chi connectivity index (χ2v) is 6.46. The van der Waals surface area contributed by atoms with Gasteiger partial charge in [-0.2, -0.15) is 0 Å². The summed E-state index contributed by atoms with van der Waals surface area (Å²) in [6.07, 6.45) is 0. The molecule has 1 aromatic heterocycles. The number of anilines is 2. The quantitative estimate of drug-likeness (QED) is 0.739. The van der Waals surface area contributed by atoms with Crippen LogP contribution < -0.4 is 10.2 Å². The molecule has 3 rings (SSSR count). The van der Waals surface area contributed by atoms with Gasteiger partial charge in [-0.25, -0.2) is 0 Å². The van der Waals surface area contributed by atoms with E-state index >= 15 is 0 Å². The Kier molecular flexibility index (Phi) is 5.19. The lowest BCUT2D eigenvalue weighted by atomic mass is 10.1. The highest BCUT2D eigenvalue weighted by atomic mass is 16.3. The van der Waals surface area contributed by atoms with Crippen LogP contribution in [-0.4, -0.2) is 36.2 Å². The number of pyridine rings is 1. The fourth-order valence-corrected chi connectivity index (χ4v) is 2.90. The molecule has 0 saturated carbocycles. The molecule has 3 aromatic rings. The molecule has 134 valence electrons. The van der Waals surface area contributed by atoms with Crippen molar-refractivity contribution >= 4 is 28.2 Å².